The molecule has 9 heteroatoms. The molecule has 2 heterocycles. The molecule has 0 aliphatic carbocycles. The molecule has 0 spiro atoms. The van der Waals surface area contributed by atoms with Crippen LogP contribution in [0.5, 0.6) is 5.88 Å². The first-order chi connectivity index (χ1) is 14.0. The quantitative estimate of drug-likeness (QED) is 0.780. The highest BCUT2D eigenvalue weighted by atomic mass is 35.5. The molecule has 29 heavy (non-hydrogen) atoms. The molecular weight excluding hydrogens is 415 g/mol. The Balaban J connectivity index is 1.64. The highest BCUT2D eigenvalue weighted by Gasteiger charge is 2.25. The lowest BCUT2D eigenvalue weighted by Gasteiger charge is -2.22. The van der Waals surface area contributed by atoms with E-state index in [4.69, 9.17) is 27.9 Å². The second kappa shape index (κ2) is 9.80. The number of benzene rings is 1. The number of amides is 3. The van der Waals surface area contributed by atoms with Gasteiger partial charge in [0.1, 0.15) is 0 Å². The maximum atomic E-state index is 12.9. The average molecular weight is 437 g/mol. The summed E-state index contributed by atoms with van der Waals surface area (Å²) in [6.07, 6.45) is 0.650. The van der Waals surface area contributed by atoms with Crippen LogP contribution >= 0.6 is 23.2 Å². The smallest absolute Gasteiger partial charge is 0.321 e. The van der Waals surface area contributed by atoms with E-state index < -0.39 is 0 Å². The normalized spacial score (nSPS) is 14.3. The summed E-state index contributed by atoms with van der Waals surface area (Å²) in [5, 5.41) is 3.66. The summed E-state index contributed by atoms with van der Waals surface area (Å²) in [6, 6.07) is 9.99. The molecule has 0 unspecified atom stereocenters. The first-order valence-electron chi connectivity index (χ1n) is 9.38. The minimum Gasteiger partial charge on any atom is -0.478 e. The molecular formula is C20H22Cl2N4O3. The Morgan fingerprint density at radius 2 is 1.86 bits per heavy atom. The molecule has 3 amide bonds. The topological polar surface area (TPSA) is 74.8 Å². The van der Waals surface area contributed by atoms with Crippen molar-refractivity contribution in [1.82, 2.24) is 14.8 Å². The Bertz CT molecular complexity index is 894. The maximum absolute atomic E-state index is 12.9. The third-order valence-corrected chi connectivity index (χ3v) is 5.00. The number of hydrogen-bond donors (Lipinski definition) is 1. The van der Waals surface area contributed by atoms with Crippen LogP contribution in [0, 0.1) is 0 Å². The number of nitrogens with one attached hydrogen (secondary N) is 1. The molecule has 2 aromatic rings. The van der Waals surface area contributed by atoms with Crippen molar-refractivity contribution in [3.8, 4) is 5.88 Å². The zero-order valence-corrected chi connectivity index (χ0v) is 17.5. The zero-order valence-electron chi connectivity index (χ0n) is 16.0. The average Bonchev–Trinajstić information content (AvgIpc) is 2.95. The van der Waals surface area contributed by atoms with Gasteiger partial charge in [0.25, 0.3) is 5.91 Å². The number of urea groups is 1. The zero-order chi connectivity index (χ0) is 20.8. The fourth-order valence-corrected chi connectivity index (χ4v) is 3.42. The van der Waals surface area contributed by atoms with Crippen molar-refractivity contribution < 1.29 is 14.3 Å². The predicted molar refractivity (Wildman–Crippen MR) is 113 cm³/mol. The van der Waals surface area contributed by atoms with Crippen LogP contribution in [0.3, 0.4) is 0 Å². The standard InChI is InChI=1S/C20H22Cl2N4O3/c1-2-29-17-8-7-16(22)18(24-17)19(27)25-9-4-10-26(12-11-25)20(28)23-15-6-3-5-14(21)13-15/h3,5-8,13H,2,4,9-12H2,1H3,(H,23,28). The summed E-state index contributed by atoms with van der Waals surface area (Å²) >= 11 is 12.1. The fourth-order valence-electron chi connectivity index (χ4n) is 3.04. The van der Waals surface area contributed by atoms with Crippen molar-refractivity contribution in [3.63, 3.8) is 0 Å². The van der Waals surface area contributed by atoms with Crippen molar-refractivity contribution in [2.75, 3.05) is 38.1 Å². The number of carbonyl (C=O) groups excluding carboxylic acids is 2. The van der Waals surface area contributed by atoms with Gasteiger partial charge < -0.3 is 19.9 Å². The number of rotatable bonds is 4. The van der Waals surface area contributed by atoms with E-state index in [0.717, 1.165) is 0 Å². The molecule has 0 bridgehead atoms. The van der Waals surface area contributed by atoms with Gasteiger partial charge in [0, 0.05) is 43.0 Å². The molecule has 0 atom stereocenters. The van der Waals surface area contributed by atoms with Crippen LogP contribution in [0.4, 0.5) is 10.5 Å². The molecule has 154 valence electrons. The van der Waals surface area contributed by atoms with Crippen LogP contribution in [0.15, 0.2) is 36.4 Å². The van der Waals surface area contributed by atoms with Gasteiger partial charge in [-0.25, -0.2) is 9.78 Å². The second-order valence-corrected chi connectivity index (χ2v) is 7.33. The van der Waals surface area contributed by atoms with Gasteiger partial charge in [-0.1, -0.05) is 29.3 Å². The van der Waals surface area contributed by atoms with E-state index in [0.29, 0.717) is 55.8 Å². The molecule has 7 nitrogen and oxygen atoms in total. The lowest BCUT2D eigenvalue weighted by molar-refractivity contribution is 0.0756. The summed E-state index contributed by atoms with van der Waals surface area (Å²) in [7, 11) is 0. The Labute approximate surface area is 179 Å². The van der Waals surface area contributed by atoms with Crippen LogP contribution < -0.4 is 10.1 Å². The summed E-state index contributed by atoms with van der Waals surface area (Å²) in [6.45, 7) is 4.13. The van der Waals surface area contributed by atoms with Gasteiger partial charge in [-0.3, -0.25) is 4.79 Å². The number of halogens is 2. The van der Waals surface area contributed by atoms with Gasteiger partial charge >= 0.3 is 6.03 Å². The Morgan fingerprint density at radius 1 is 1.10 bits per heavy atom. The molecule has 1 aliphatic rings. The largest absolute Gasteiger partial charge is 0.478 e. The van der Waals surface area contributed by atoms with Crippen molar-refractivity contribution in [2.45, 2.75) is 13.3 Å². The number of hydrogen-bond acceptors (Lipinski definition) is 4. The molecule has 1 fully saturated rings. The Hall–Kier alpha value is -2.51. The van der Waals surface area contributed by atoms with Crippen molar-refractivity contribution in [1.29, 1.82) is 0 Å². The molecule has 1 aliphatic heterocycles. The van der Waals surface area contributed by atoms with E-state index in [9.17, 15) is 9.59 Å². The lowest BCUT2D eigenvalue weighted by Crippen LogP contribution is -2.39. The van der Waals surface area contributed by atoms with Gasteiger partial charge in [0.15, 0.2) is 5.69 Å². The maximum Gasteiger partial charge on any atom is 0.321 e. The summed E-state index contributed by atoms with van der Waals surface area (Å²) in [5.74, 6) is 0.0891. The third-order valence-electron chi connectivity index (χ3n) is 4.46. The summed E-state index contributed by atoms with van der Waals surface area (Å²) < 4.78 is 5.37. The second-order valence-electron chi connectivity index (χ2n) is 6.49. The van der Waals surface area contributed by atoms with Gasteiger partial charge in [0.05, 0.1) is 11.6 Å². The lowest BCUT2D eigenvalue weighted by atomic mass is 10.3. The molecule has 0 saturated carbocycles. The van der Waals surface area contributed by atoms with Gasteiger partial charge in [-0.05, 0) is 37.6 Å². The van der Waals surface area contributed by atoms with Crippen molar-refractivity contribution in [2.24, 2.45) is 0 Å². The van der Waals surface area contributed by atoms with E-state index in [2.05, 4.69) is 10.3 Å². The number of aromatic nitrogens is 1. The van der Waals surface area contributed by atoms with Crippen LogP contribution in [-0.4, -0.2) is 59.5 Å². The highest BCUT2D eigenvalue weighted by Crippen LogP contribution is 2.21. The monoisotopic (exact) mass is 436 g/mol. The minimum absolute atomic E-state index is 0.162. The van der Waals surface area contributed by atoms with Crippen LogP contribution in [0.1, 0.15) is 23.8 Å². The van der Waals surface area contributed by atoms with Crippen LogP contribution in [0.25, 0.3) is 0 Å². The Morgan fingerprint density at radius 3 is 2.62 bits per heavy atom. The van der Waals surface area contributed by atoms with Gasteiger partial charge in [-0.2, -0.15) is 0 Å². The van der Waals surface area contributed by atoms with Gasteiger partial charge in [0.2, 0.25) is 5.88 Å². The van der Waals surface area contributed by atoms with Crippen LogP contribution in [0.2, 0.25) is 10.0 Å². The van der Waals surface area contributed by atoms with Crippen molar-refractivity contribution in [3.05, 3.63) is 52.1 Å². The van der Waals surface area contributed by atoms with Crippen LogP contribution in [-0.2, 0) is 0 Å². The Kier molecular flexibility index (Phi) is 7.17. The summed E-state index contributed by atoms with van der Waals surface area (Å²) in [5.41, 5.74) is 0.790. The molecule has 3 rings (SSSR count). The van der Waals surface area contributed by atoms with E-state index in [1.165, 1.54) is 0 Å². The molecule has 1 saturated heterocycles. The number of carbonyl (C=O) groups is 2. The first kappa shape index (κ1) is 21.2. The molecule has 0 radical (unpaired) electrons. The van der Waals surface area contributed by atoms with Gasteiger partial charge in [-0.15, -0.1) is 0 Å². The SMILES string of the molecule is CCOc1ccc(Cl)c(C(=O)N2CCCN(C(=O)Nc3cccc(Cl)c3)CC2)n1. The fraction of sp³-hybridized carbons (Fsp3) is 0.350. The molecule has 1 aromatic carbocycles. The van der Waals surface area contributed by atoms with Crippen molar-refractivity contribution >= 4 is 40.8 Å². The molecule has 1 N–H and O–H groups in total. The van der Waals surface area contributed by atoms with E-state index >= 15 is 0 Å². The number of nitrogens with zero attached hydrogens (tertiary/aromatic N) is 3. The molecule has 1 aromatic heterocycles. The number of ether oxygens (including phenoxy) is 1. The number of anilines is 1. The van der Waals surface area contributed by atoms with E-state index in [1.54, 1.807) is 46.2 Å². The van der Waals surface area contributed by atoms with E-state index in [-0.39, 0.29) is 22.7 Å². The number of pyridine rings is 1. The third kappa shape index (κ3) is 5.52. The highest BCUT2D eigenvalue weighted by molar-refractivity contribution is 6.33. The van der Waals surface area contributed by atoms with E-state index in [1.807, 2.05) is 6.92 Å². The summed E-state index contributed by atoms with van der Waals surface area (Å²) in [4.78, 5) is 33.1. The minimum atomic E-state index is -0.270. The predicted octanol–water partition coefficient (Wildman–Crippen LogP) is 4.17. The first-order valence-corrected chi connectivity index (χ1v) is 10.1.